The van der Waals surface area contributed by atoms with Crippen molar-refractivity contribution in [3.05, 3.63) is 29.6 Å². The Morgan fingerprint density at radius 1 is 1.35 bits per heavy atom. The third-order valence-electron chi connectivity index (χ3n) is 3.42. The van der Waals surface area contributed by atoms with Crippen molar-refractivity contribution in [1.29, 1.82) is 0 Å². The van der Waals surface area contributed by atoms with E-state index >= 15 is 0 Å². The molecule has 1 saturated heterocycles. The van der Waals surface area contributed by atoms with Crippen molar-refractivity contribution in [2.45, 2.75) is 19.0 Å². The standard InChI is InChI=1S/C13H13F4NO2/c14-10-5-1-4-9(12(19)20)11(10)18-6-2-3-8(7-18)13(15,16)17/h1,4-5,8H,2-3,6-7H2,(H,19,20). The predicted octanol–water partition coefficient (Wildman–Crippen LogP) is 3.30. The van der Waals surface area contributed by atoms with E-state index < -0.39 is 30.4 Å². The molecular weight excluding hydrogens is 278 g/mol. The molecule has 110 valence electrons. The summed E-state index contributed by atoms with van der Waals surface area (Å²) in [6, 6.07) is 3.48. The van der Waals surface area contributed by atoms with Crippen molar-refractivity contribution in [2.75, 3.05) is 18.0 Å². The topological polar surface area (TPSA) is 40.5 Å². The maximum absolute atomic E-state index is 13.8. The number of anilines is 1. The molecule has 1 aromatic rings. The first-order valence-electron chi connectivity index (χ1n) is 6.14. The number of nitrogens with zero attached hydrogens (tertiary/aromatic N) is 1. The lowest BCUT2D eigenvalue weighted by Crippen LogP contribution is -2.42. The molecule has 1 fully saturated rings. The van der Waals surface area contributed by atoms with E-state index in [4.69, 9.17) is 5.11 Å². The number of carboxylic acid groups (broad SMARTS) is 1. The smallest absolute Gasteiger partial charge is 0.393 e. The van der Waals surface area contributed by atoms with E-state index in [1.54, 1.807) is 0 Å². The fraction of sp³-hybridized carbons (Fsp3) is 0.462. The lowest BCUT2D eigenvalue weighted by atomic mass is 9.96. The molecule has 2 rings (SSSR count). The van der Waals surface area contributed by atoms with Crippen LogP contribution in [-0.2, 0) is 0 Å². The number of aromatic carboxylic acids is 1. The molecule has 20 heavy (non-hydrogen) atoms. The quantitative estimate of drug-likeness (QED) is 0.850. The van der Waals surface area contributed by atoms with Crippen LogP contribution in [0, 0.1) is 11.7 Å². The van der Waals surface area contributed by atoms with Gasteiger partial charge in [0.15, 0.2) is 0 Å². The molecule has 0 aromatic heterocycles. The Hall–Kier alpha value is -1.79. The van der Waals surface area contributed by atoms with Gasteiger partial charge in [0.2, 0.25) is 0 Å². The van der Waals surface area contributed by atoms with E-state index in [1.165, 1.54) is 17.0 Å². The fourth-order valence-electron chi connectivity index (χ4n) is 2.46. The number of para-hydroxylation sites is 1. The second-order valence-corrected chi connectivity index (χ2v) is 4.77. The summed E-state index contributed by atoms with van der Waals surface area (Å²) >= 11 is 0. The Morgan fingerprint density at radius 2 is 2.05 bits per heavy atom. The molecule has 1 N–H and O–H groups in total. The summed E-state index contributed by atoms with van der Waals surface area (Å²) in [4.78, 5) is 12.3. The van der Waals surface area contributed by atoms with Crippen molar-refractivity contribution in [2.24, 2.45) is 5.92 Å². The van der Waals surface area contributed by atoms with Crippen molar-refractivity contribution >= 4 is 11.7 Å². The SMILES string of the molecule is O=C(O)c1cccc(F)c1N1CCCC(C(F)(F)F)C1. The van der Waals surface area contributed by atoms with Crippen LogP contribution in [0.3, 0.4) is 0 Å². The van der Waals surface area contributed by atoms with Gasteiger partial charge in [0, 0.05) is 13.1 Å². The van der Waals surface area contributed by atoms with Crippen LogP contribution < -0.4 is 4.90 Å². The van der Waals surface area contributed by atoms with Crippen LogP contribution in [0.4, 0.5) is 23.2 Å². The first kappa shape index (κ1) is 14.6. The Kier molecular flexibility index (Phi) is 3.87. The zero-order valence-corrected chi connectivity index (χ0v) is 10.5. The highest BCUT2D eigenvalue weighted by Crippen LogP contribution is 2.36. The molecule has 1 heterocycles. The third-order valence-corrected chi connectivity index (χ3v) is 3.42. The molecule has 0 saturated carbocycles. The first-order chi connectivity index (χ1) is 9.30. The molecule has 1 aromatic carbocycles. The lowest BCUT2D eigenvalue weighted by Gasteiger charge is -2.36. The summed E-state index contributed by atoms with van der Waals surface area (Å²) in [5.74, 6) is -3.72. The number of hydrogen-bond donors (Lipinski definition) is 1. The van der Waals surface area contributed by atoms with Crippen LogP contribution in [0.5, 0.6) is 0 Å². The van der Waals surface area contributed by atoms with Crippen LogP contribution in [0.1, 0.15) is 23.2 Å². The summed E-state index contributed by atoms with van der Waals surface area (Å²) in [6.07, 6.45) is -4.12. The predicted molar refractivity (Wildman–Crippen MR) is 64.4 cm³/mol. The number of hydrogen-bond acceptors (Lipinski definition) is 2. The summed E-state index contributed by atoms with van der Waals surface area (Å²) in [5, 5.41) is 9.03. The van der Waals surface area contributed by atoms with Crippen LogP contribution in [-0.4, -0.2) is 30.3 Å². The molecule has 0 amide bonds. The zero-order chi connectivity index (χ0) is 14.9. The van der Waals surface area contributed by atoms with Crippen molar-refractivity contribution in [3.8, 4) is 0 Å². The van der Waals surface area contributed by atoms with Gasteiger partial charge in [-0.2, -0.15) is 13.2 Å². The fourth-order valence-corrected chi connectivity index (χ4v) is 2.46. The maximum Gasteiger partial charge on any atom is 0.393 e. The molecule has 1 aliphatic heterocycles. The Bertz CT molecular complexity index is 516. The molecule has 3 nitrogen and oxygen atoms in total. The van der Waals surface area contributed by atoms with Gasteiger partial charge in [0.1, 0.15) is 5.82 Å². The Labute approximate surface area is 112 Å². The Balaban J connectivity index is 2.34. The van der Waals surface area contributed by atoms with Gasteiger partial charge in [0.25, 0.3) is 0 Å². The van der Waals surface area contributed by atoms with Gasteiger partial charge in [-0.05, 0) is 25.0 Å². The van der Waals surface area contributed by atoms with E-state index in [1.807, 2.05) is 0 Å². The molecule has 0 spiro atoms. The summed E-state index contributed by atoms with van der Waals surface area (Å²) in [5.41, 5.74) is -0.568. The molecule has 1 atom stereocenters. The number of rotatable bonds is 2. The number of piperidine rings is 1. The van der Waals surface area contributed by atoms with Crippen molar-refractivity contribution in [3.63, 3.8) is 0 Å². The number of carbonyl (C=O) groups is 1. The largest absolute Gasteiger partial charge is 0.478 e. The van der Waals surface area contributed by atoms with Crippen LogP contribution in [0.2, 0.25) is 0 Å². The summed E-state index contributed by atoms with van der Waals surface area (Å²) in [6.45, 7) is -0.196. The first-order valence-corrected chi connectivity index (χ1v) is 6.14. The van der Waals surface area contributed by atoms with Gasteiger partial charge in [-0.1, -0.05) is 6.07 Å². The Morgan fingerprint density at radius 3 is 2.65 bits per heavy atom. The normalized spacial score (nSPS) is 20.0. The van der Waals surface area contributed by atoms with E-state index in [2.05, 4.69) is 0 Å². The van der Waals surface area contributed by atoms with Gasteiger partial charge in [0.05, 0.1) is 17.2 Å². The number of alkyl halides is 3. The van der Waals surface area contributed by atoms with Crippen molar-refractivity contribution in [1.82, 2.24) is 0 Å². The highest BCUT2D eigenvalue weighted by Gasteiger charge is 2.42. The second kappa shape index (κ2) is 5.30. The molecule has 0 aliphatic carbocycles. The number of benzene rings is 1. The highest BCUT2D eigenvalue weighted by atomic mass is 19.4. The minimum absolute atomic E-state index is 0.0170. The van der Waals surface area contributed by atoms with Gasteiger partial charge in [-0.3, -0.25) is 0 Å². The van der Waals surface area contributed by atoms with E-state index in [0.717, 1.165) is 6.07 Å². The lowest BCUT2D eigenvalue weighted by molar-refractivity contribution is -0.176. The van der Waals surface area contributed by atoms with E-state index in [-0.39, 0.29) is 30.6 Å². The maximum atomic E-state index is 13.8. The van der Waals surface area contributed by atoms with Crippen LogP contribution in [0.25, 0.3) is 0 Å². The zero-order valence-electron chi connectivity index (χ0n) is 10.5. The van der Waals surface area contributed by atoms with Gasteiger partial charge >= 0.3 is 12.1 Å². The average molecular weight is 291 g/mol. The summed E-state index contributed by atoms with van der Waals surface area (Å²) in [7, 11) is 0. The number of carboxylic acids is 1. The minimum atomic E-state index is -4.35. The van der Waals surface area contributed by atoms with Gasteiger partial charge < -0.3 is 10.0 Å². The summed E-state index contributed by atoms with van der Waals surface area (Å²) < 4.78 is 52.1. The molecule has 0 bridgehead atoms. The van der Waals surface area contributed by atoms with Crippen molar-refractivity contribution < 1.29 is 27.5 Å². The van der Waals surface area contributed by atoms with Crippen LogP contribution in [0.15, 0.2) is 18.2 Å². The second-order valence-electron chi connectivity index (χ2n) is 4.77. The van der Waals surface area contributed by atoms with Crippen LogP contribution >= 0.6 is 0 Å². The third kappa shape index (κ3) is 2.86. The molecule has 7 heteroatoms. The van der Waals surface area contributed by atoms with Gasteiger partial charge in [-0.15, -0.1) is 0 Å². The minimum Gasteiger partial charge on any atom is -0.478 e. The molecule has 1 unspecified atom stereocenters. The molecule has 1 aliphatic rings. The highest BCUT2D eigenvalue weighted by molar-refractivity contribution is 5.94. The molecular formula is C13H13F4NO2. The average Bonchev–Trinajstić information content (AvgIpc) is 2.37. The monoisotopic (exact) mass is 291 g/mol. The number of halogens is 4. The van der Waals surface area contributed by atoms with Gasteiger partial charge in [-0.25, -0.2) is 9.18 Å². The van der Waals surface area contributed by atoms with E-state index in [9.17, 15) is 22.4 Å². The van der Waals surface area contributed by atoms with E-state index in [0.29, 0.717) is 0 Å². The molecule has 0 radical (unpaired) electrons.